The highest BCUT2D eigenvalue weighted by Crippen LogP contribution is 2.20. The lowest BCUT2D eigenvalue weighted by molar-refractivity contribution is 0.129. The fourth-order valence-electron chi connectivity index (χ4n) is 3.04. The number of nitrogens with two attached hydrogens (primary N) is 1. The topological polar surface area (TPSA) is 38.5 Å². The van der Waals surface area contributed by atoms with Gasteiger partial charge in [-0.2, -0.15) is 0 Å². The van der Waals surface area contributed by atoms with Gasteiger partial charge in [-0.1, -0.05) is 12.1 Å². The molecule has 0 bridgehead atoms. The van der Waals surface area contributed by atoms with Gasteiger partial charge in [0.2, 0.25) is 0 Å². The van der Waals surface area contributed by atoms with Gasteiger partial charge in [0, 0.05) is 12.6 Å². The molecule has 0 aliphatic carbocycles. The minimum atomic E-state index is 0.645. The van der Waals surface area contributed by atoms with Crippen LogP contribution in [0.5, 0.6) is 5.75 Å². The van der Waals surface area contributed by atoms with Gasteiger partial charge in [-0.05, 0) is 69.3 Å². The first-order chi connectivity index (χ1) is 9.72. The van der Waals surface area contributed by atoms with E-state index in [9.17, 15) is 0 Å². The maximum Gasteiger partial charge on any atom is 0.118 e. The van der Waals surface area contributed by atoms with Gasteiger partial charge in [-0.25, -0.2) is 0 Å². The van der Waals surface area contributed by atoms with E-state index >= 15 is 0 Å². The van der Waals surface area contributed by atoms with Gasteiger partial charge in [-0.15, -0.1) is 0 Å². The fourth-order valence-corrected chi connectivity index (χ4v) is 3.04. The highest BCUT2D eigenvalue weighted by molar-refractivity contribution is 5.27. The van der Waals surface area contributed by atoms with E-state index in [1.807, 2.05) is 12.1 Å². The normalized spacial score (nSPS) is 21.6. The zero-order chi connectivity index (χ0) is 14.4. The van der Waals surface area contributed by atoms with Crippen molar-refractivity contribution in [3.05, 3.63) is 29.8 Å². The zero-order valence-electron chi connectivity index (χ0n) is 12.8. The van der Waals surface area contributed by atoms with Crippen LogP contribution >= 0.6 is 0 Å². The van der Waals surface area contributed by atoms with E-state index in [-0.39, 0.29) is 0 Å². The number of hydrogen-bond acceptors (Lipinski definition) is 3. The average molecular weight is 276 g/mol. The van der Waals surface area contributed by atoms with Crippen LogP contribution in [-0.4, -0.2) is 37.7 Å². The summed E-state index contributed by atoms with van der Waals surface area (Å²) in [5.41, 5.74) is 7.21. The smallest absolute Gasteiger partial charge is 0.118 e. The number of hydrogen-bond donors (Lipinski definition) is 1. The molecule has 0 saturated carbocycles. The fraction of sp³-hybridized carbons (Fsp3) is 0.647. The molecule has 2 rings (SSSR count). The number of aryl methyl sites for hydroxylation is 1. The molecule has 1 aliphatic heterocycles. The first-order valence-electron chi connectivity index (χ1n) is 7.80. The summed E-state index contributed by atoms with van der Waals surface area (Å²) in [5, 5.41) is 0. The van der Waals surface area contributed by atoms with Crippen LogP contribution in [0.25, 0.3) is 0 Å². The van der Waals surface area contributed by atoms with Crippen molar-refractivity contribution < 1.29 is 4.74 Å². The largest absolute Gasteiger partial charge is 0.497 e. The molecule has 112 valence electrons. The van der Waals surface area contributed by atoms with Crippen molar-refractivity contribution >= 4 is 0 Å². The van der Waals surface area contributed by atoms with Gasteiger partial charge in [0.15, 0.2) is 0 Å². The molecule has 1 aromatic carbocycles. The molecule has 1 heterocycles. The monoisotopic (exact) mass is 276 g/mol. The van der Waals surface area contributed by atoms with E-state index < -0.39 is 0 Å². The highest BCUT2D eigenvalue weighted by Gasteiger charge is 2.22. The van der Waals surface area contributed by atoms with Crippen molar-refractivity contribution in [2.24, 2.45) is 11.7 Å². The molecule has 2 N–H and O–H groups in total. The summed E-state index contributed by atoms with van der Waals surface area (Å²) >= 11 is 0. The molecule has 1 saturated heterocycles. The summed E-state index contributed by atoms with van der Waals surface area (Å²) in [7, 11) is 1.71. The van der Waals surface area contributed by atoms with Gasteiger partial charge >= 0.3 is 0 Å². The molecule has 3 nitrogen and oxygen atoms in total. The van der Waals surface area contributed by atoms with E-state index in [0.717, 1.165) is 18.7 Å². The van der Waals surface area contributed by atoms with E-state index in [4.69, 9.17) is 10.5 Å². The van der Waals surface area contributed by atoms with Crippen LogP contribution in [0.2, 0.25) is 0 Å². The highest BCUT2D eigenvalue weighted by atomic mass is 16.5. The van der Waals surface area contributed by atoms with Crippen LogP contribution in [0.3, 0.4) is 0 Å². The van der Waals surface area contributed by atoms with Crippen molar-refractivity contribution in [1.29, 1.82) is 0 Å². The Morgan fingerprint density at radius 2 is 2.10 bits per heavy atom. The van der Waals surface area contributed by atoms with Crippen molar-refractivity contribution in [2.75, 3.05) is 26.7 Å². The molecule has 2 atom stereocenters. The van der Waals surface area contributed by atoms with E-state index in [1.54, 1.807) is 7.11 Å². The van der Waals surface area contributed by atoms with Gasteiger partial charge in [0.25, 0.3) is 0 Å². The number of piperidine rings is 1. The van der Waals surface area contributed by atoms with Crippen LogP contribution in [0.4, 0.5) is 0 Å². The molecular formula is C17H28N2O. The molecule has 0 spiro atoms. The molecule has 0 radical (unpaired) electrons. The van der Waals surface area contributed by atoms with Gasteiger partial charge in [0.05, 0.1) is 7.11 Å². The second-order valence-corrected chi connectivity index (χ2v) is 5.97. The lowest BCUT2D eigenvalue weighted by Gasteiger charge is -2.36. The van der Waals surface area contributed by atoms with Crippen molar-refractivity contribution in [1.82, 2.24) is 4.90 Å². The Bertz CT molecular complexity index is 390. The molecule has 3 heteroatoms. The number of likely N-dealkylation sites (tertiary alicyclic amines) is 1. The minimum absolute atomic E-state index is 0.645. The van der Waals surface area contributed by atoms with E-state index in [0.29, 0.717) is 12.0 Å². The van der Waals surface area contributed by atoms with Gasteiger partial charge in [-0.3, -0.25) is 0 Å². The van der Waals surface area contributed by atoms with E-state index in [1.165, 1.54) is 37.9 Å². The Kier molecular flexibility index (Phi) is 5.86. The third kappa shape index (κ3) is 4.22. The van der Waals surface area contributed by atoms with Crippen molar-refractivity contribution in [3.8, 4) is 5.75 Å². The SMILES string of the molecule is COc1ccc(CCC(C)N2CCCC(CN)C2)cc1. The van der Waals surface area contributed by atoms with Crippen LogP contribution in [-0.2, 0) is 6.42 Å². The third-order valence-corrected chi connectivity index (χ3v) is 4.52. The lowest BCUT2D eigenvalue weighted by Crippen LogP contribution is -2.43. The standard InChI is InChI=1S/C17H28N2O/c1-14(19-11-3-4-16(12-18)13-19)5-6-15-7-9-17(20-2)10-8-15/h7-10,14,16H,3-6,11-13,18H2,1-2H3. The first kappa shape index (κ1) is 15.3. The summed E-state index contributed by atoms with van der Waals surface area (Å²) < 4.78 is 5.19. The number of ether oxygens (including phenoxy) is 1. The Labute approximate surface area is 123 Å². The maximum absolute atomic E-state index is 5.82. The zero-order valence-corrected chi connectivity index (χ0v) is 12.8. The maximum atomic E-state index is 5.82. The molecular weight excluding hydrogens is 248 g/mol. The summed E-state index contributed by atoms with van der Waals surface area (Å²) in [6.07, 6.45) is 4.95. The van der Waals surface area contributed by atoms with E-state index in [2.05, 4.69) is 24.0 Å². The molecule has 2 unspecified atom stereocenters. The van der Waals surface area contributed by atoms with Crippen LogP contribution in [0, 0.1) is 5.92 Å². The Morgan fingerprint density at radius 3 is 2.75 bits per heavy atom. The quantitative estimate of drug-likeness (QED) is 0.868. The number of nitrogens with zero attached hydrogens (tertiary/aromatic N) is 1. The Balaban J connectivity index is 1.80. The number of benzene rings is 1. The minimum Gasteiger partial charge on any atom is -0.497 e. The van der Waals surface area contributed by atoms with Gasteiger partial charge in [0.1, 0.15) is 5.75 Å². The predicted molar refractivity (Wildman–Crippen MR) is 84.1 cm³/mol. The number of methoxy groups -OCH3 is 1. The average Bonchev–Trinajstić information content (AvgIpc) is 2.53. The van der Waals surface area contributed by atoms with Crippen LogP contribution in [0.15, 0.2) is 24.3 Å². The van der Waals surface area contributed by atoms with Crippen LogP contribution in [0.1, 0.15) is 31.7 Å². The molecule has 0 aromatic heterocycles. The molecule has 1 aromatic rings. The summed E-state index contributed by atoms with van der Waals surface area (Å²) in [6.45, 7) is 5.60. The Morgan fingerprint density at radius 1 is 1.35 bits per heavy atom. The van der Waals surface area contributed by atoms with Gasteiger partial charge < -0.3 is 15.4 Å². The van der Waals surface area contributed by atoms with Crippen LogP contribution < -0.4 is 10.5 Å². The summed E-state index contributed by atoms with van der Waals surface area (Å²) in [6, 6.07) is 9.08. The lowest BCUT2D eigenvalue weighted by atomic mass is 9.95. The molecule has 1 aliphatic rings. The second kappa shape index (κ2) is 7.65. The Hall–Kier alpha value is -1.06. The number of rotatable bonds is 6. The van der Waals surface area contributed by atoms with Crippen molar-refractivity contribution in [2.45, 2.75) is 38.6 Å². The predicted octanol–water partition coefficient (Wildman–Crippen LogP) is 2.69. The van der Waals surface area contributed by atoms with Crippen molar-refractivity contribution in [3.63, 3.8) is 0 Å². The summed E-state index contributed by atoms with van der Waals surface area (Å²) in [5.74, 6) is 1.64. The second-order valence-electron chi connectivity index (χ2n) is 5.97. The summed E-state index contributed by atoms with van der Waals surface area (Å²) in [4.78, 5) is 2.62. The third-order valence-electron chi connectivity index (χ3n) is 4.52. The first-order valence-corrected chi connectivity index (χ1v) is 7.80. The molecule has 0 amide bonds. The molecule has 20 heavy (non-hydrogen) atoms. The molecule has 1 fully saturated rings.